The molecule has 2 heterocycles. The highest BCUT2D eigenvalue weighted by molar-refractivity contribution is 7.88. The largest absolute Gasteiger partial charge is 0.378 e. The molecule has 2 aliphatic rings. The molecule has 2 N–H and O–H groups in total. The van der Waals surface area contributed by atoms with Crippen LogP contribution >= 0.6 is 0 Å². The number of morpholine rings is 1. The quantitative estimate of drug-likeness (QED) is 0.602. The molecular formula is C13H24N4O5S. The molecule has 132 valence electrons. The lowest BCUT2D eigenvalue weighted by Crippen LogP contribution is -2.47. The van der Waals surface area contributed by atoms with Gasteiger partial charge in [-0.3, -0.25) is 14.5 Å². The lowest BCUT2D eigenvalue weighted by atomic mass is 10.1. The normalized spacial score (nSPS) is 25.1. The van der Waals surface area contributed by atoms with Crippen LogP contribution in [-0.2, 0) is 24.3 Å². The van der Waals surface area contributed by atoms with Gasteiger partial charge in [0.25, 0.3) is 0 Å². The van der Waals surface area contributed by atoms with E-state index in [0.29, 0.717) is 32.8 Å². The molecule has 9 nitrogen and oxygen atoms in total. The Morgan fingerprint density at radius 3 is 2.35 bits per heavy atom. The molecule has 0 aromatic heterocycles. The molecule has 0 unspecified atom stereocenters. The van der Waals surface area contributed by atoms with Gasteiger partial charge in [0.1, 0.15) is 0 Å². The van der Waals surface area contributed by atoms with Gasteiger partial charge in [0, 0.05) is 39.3 Å². The highest BCUT2D eigenvalue weighted by Crippen LogP contribution is 2.13. The van der Waals surface area contributed by atoms with E-state index in [1.807, 2.05) is 0 Å². The van der Waals surface area contributed by atoms with Gasteiger partial charge >= 0.3 is 0 Å². The summed E-state index contributed by atoms with van der Waals surface area (Å²) in [6.45, 7) is 3.32. The summed E-state index contributed by atoms with van der Waals surface area (Å²) >= 11 is 0. The number of nitrogens with zero attached hydrogens (tertiary/aromatic N) is 3. The Labute approximate surface area is 136 Å². The fourth-order valence-corrected chi connectivity index (χ4v) is 3.64. The summed E-state index contributed by atoms with van der Waals surface area (Å²) < 4.78 is 30.0. The van der Waals surface area contributed by atoms with Gasteiger partial charge in [-0.1, -0.05) is 0 Å². The predicted molar refractivity (Wildman–Crippen MR) is 82.9 cm³/mol. The molecule has 2 aliphatic heterocycles. The van der Waals surface area contributed by atoms with Gasteiger partial charge in [-0.05, 0) is 0 Å². The summed E-state index contributed by atoms with van der Waals surface area (Å²) in [7, 11) is -3.40. The first-order valence-electron chi connectivity index (χ1n) is 7.59. The first-order valence-corrected chi connectivity index (χ1v) is 9.44. The number of nitrogens with two attached hydrogens (primary N) is 1. The second-order valence-electron chi connectivity index (χ2n) is 5.95. The second-order valence-corrected chi connectivity index (χ2v) is 7.93. The fourth-order valence-electron chi connectivity index (χ4n) is 2.78. The lowest BCUT2D eigenvalue weighted by Gasteiger charge is -2.30. The Bertz CT molecular complexity index is 547. The second kappa shape index (κ2) is 7.56. The Kier molecular flexibility index (Phi) is 5.95. The van der Waals surface area contributed by atoms with Crippen molar-refractivity contribution < 1.29 is 22.7 Å². The third-order valence-corrected chi connectivity index (χ3v) is 5.43. The van der Waals surface area contributed by atoms with E-state index >= 15 is 0 Å². The van der Waals surface area contributed by atoms with E-state index in [-0.39, 0.29) is 32.1 Å². The van der Waals surface area contributed by atoms with Gasteiger partial charge in [-0.15, -0.1) is 0 Å². The molecule has 0 aromatic rings. The van der Waals surface area contributed by atoms with Gasteiger partial charge in [-0.2, -0.15) is 0 Å². The number of amides is 2. The summed E-state index contributed by atoms with van der Waals surface area (Å²) in [6, 6.07) is 0. The third-order valence-electron chi connectivity index (χ3n) is 4.16. The zero-order chi connectivity index (χ0) is 17.0. The van der Waals surface area contributed by atoms with E-state index < -0.39 is 21.8 Å². The number of carbonyl (C=O) groups excluding carboxylic acids is 2. The summed E-state index contributed by atoms with van der Waals surface area (Å²) in [4.78, 5) is 27.4. The van der Waals surface area contributed by atoms with Crippen molar-refractivity contribution in [1.82, 2.24) is 14.1 Å². The zero-order valence-electron chi connectivity index (χ0n) is 13.3. The van der Waals surface area contributed by atoms with Crippen molar-refractivity contribution in [2.24, 2.45) is 11.7 Å². The molecular weight excluding hydrogens is 324 g/mol. The summed E-state index contributed by atoms with van der Waals surface area (Å²) in [5, 5.41) is 0. The maximum Gasteiger partial charge on any atom is 0.236 e. The Morgan fingerprint density at radius 1 is 1.13 bits per heavy atom. The van der Waals surface area contributed by atoms with Crippen LogP contribution in [0.2, 0.25) is 0 Å². The smallest absolute Gasteiger partial charge is 0.236 e. The van der Waals surface area contributed by atoms with Crippen molar-refractivity contribution in [3.63, 3.8) is 0 Å². The SMILES string of the molecule is CS(=O)(=O)N1CCN(CC(=O)N2CCOCC2)C[C@@H](C(N)=O)C1. The first-order chi connectivity index (χ1) is 10.8. The van der Waals surface area contributed by atoms with Crippen LogP contribution in [0.4, 0.5) is 0 Å². The van der Waals surface area contributed by atoms with Crippen molar-refractivity contribution in [2.45, 2.75) is 0 Å². The molecule has 0 aromatic carbocycles. The topological polar surface area (TPSA) is 113 Å². The van der Waals surface area contributed by atoms with Crippen molar-refractivity contribution in [2.75, 3.05) is 65.3 Å². The summed E-state index contributed by atoms with van der Waals surface area (Å²) in [6.07, 6.45) is 1.11. The van der Waals surface area contributed by atoms with E-state index in [4.69, 9.17) is 10.5 Å². The maximum absolute atomic E-state index is 12.3. The monoisotopic (exact) mass is 348 g/mol. The van der Waals surface area contributed by atoms with Crippen LogP contribution in [0.15, 0.2) is 0 Å². The summed E-state index contributed by atoms with van der Waals surface area (Å²) in [5.41, 5.74) is 5.38. The molecule has 2 rings (SSSR count). The van der Waals surface area contributed by atoms with Crippen LogP contribution in [-0.4, -0.2) is 99.6 Å². The molecule has 1 atom stereocenters. The first kappa shape index (κ1) is 18.1. The Morgan fingerprint density at radius 2 is 1.78 bits per heavy atom. The number of ether oxygens (including phenoxy) is 1. The molecule has 2 amide bonds. The molecule has 10 heteroatoms. The lowest BCUT2D eigenvalue weighted by molar-refractivity contribution is -0.137. The standard InChI is InChI=1S/C13H24N4O5S/c1-23(20,21)17-3-2-15(8-11(9-17)13(14)19)10-12(18)16-4-6-22-7-5-16/h11H,2-10H2,1H3,(H2,14,19)/t11-/m1/s1. The highest BCUT2D eigenvalue weighted by Gasteiger charge is 2.31. The van der Waals surface area contributed by atoms with Crippen molar-refractivity contribution in [1.29, 1.82) is 0 Å². The van der Waals surface area contributed by atoms with E-state index in [2.05, 4.69) is 0 Å². The van der Waals surface area contributed by atoms with Crippen molar-refractivity contribution >= 4 is 21.8 Å². The Hall–Kier alpha value is -1.23. The number of hydrogen-bond donors (Lipinski definition) is 1. The number of primary amides is 1. The molecule has 0 radical (unpaired) electrons. The fraction of sp³-hybridized carbons (Fsp3) is 0.846. The van der Waals surface area contributed by atoms with E-state index in [1.54, 1.807) is 9.80 Å². The molecule has 2 fully saturated rings. The average molecular weight is 348 g/mol. The van der Waals surface area contributed by atoms with Crippen molar-refractivity contribution in [3.8, 4) is 0 Å². The van der Waals surface area contributed by atoms with E-state index in [9.17, 15) is 18.0 Å². The van der Waals surface area contributed by atoms with Crippen LogP contribution in [0.3, 0.4) is 0 Å². The predicted octanol–water partition coefficient (Wildman–Crippen LogP) is -2.48. The molecule has 23 heavy (non-hydrogen) atoms. The van der Waals surface area contributed by atoms with Gasteiger partial charge in [0.05, 0.1) is 31.9 Å². The van der Waals surface area contributed by atoms with Crippen LogP contribution in [0, 0.1) is 5.92 Å². The van der Waals surface area contributed by atoms with Crippen LogP contribution in [0.1, 0.15) is 0 Å². The minimum absolute atomic E-state index is 0.0377. The van der Waals surface area contributed by atoms with Gasteiger partial charge in [-0.25, -0.2) is 12.7 Å². The molecule has 0 aliphatic carbocycles. The van der Waals surface area contributed by atoms with Crippen LogP contribution in [0.25, 0.3) is 0 Å². The Balaban J connectivity index is 2.01. The van der Waals surface area contributed by atoms with Crippen LogP contribution < -0.4 is 5.73 Å². The average Bonchev–Trinajstić information content (AvgIpc) is 2.70. The number of rotatable bonds is 4. The number of carbonyl (C=O) groups is 2. The molecule has 0 spiro atoms. The van der Waals surface area contributed by atoms with Gasteiger partial charge in [0.2, 0.25) is 21.8 Å². The molecule has 0 saturated carbocycles. The van der Waals surface area contributed by atoms with Gasteiger partial charge < -0.3 is 15.4 Å². The number of sulfonamides is 1. The maximum atomic E-state index is 12.3. The molecule has 0 bridgehead atoms. The zero-order valence-corrected chi connectivity index (χ0v) is 14.1. The van der Waals surface area contributed by atoms with Crippen molar-refractivity contribution in [3.05, 3.63) is 0 Å². The van der Waals surface area contributed by atoms with E-state index in [1.165, 1.54) is 4.31 Å². The van der Waals surface area contributed by atoms with Crippen LogP contribution in [0.5, 0.6) is 0 Å². The molecule has 2 saturated heterocycles. The number of hydrogen-bond acceptors (Lipinski definition) is 6. The third kappa shape index (κ3) is 5.13. The van der Waals surface area contributed by atoms with E-state index in [0.717, 1.165) is 6.26 Å². The highest BCUT2D eigenvalue weighted by atomic mass is 32.2. The minimum Gasteiger partial charge on any atom is -0.378 e. The van der Waals surface area contributed by atoms with Gasteiger partial charge in [0.15, 0.2) is 0 Å². The summed E-state index contributed by atoms with van der Waals surface area (Å²) in [5.74, 6) is -1.21. The minimum atomic E-state index is -3.40.